The molecule has 0 saturated carbocycles. The average Bonchev–Trinajstić information content (AvgIpc) is 2.34. The van der Waals surface area contributed by atoms with Crippen LogP contribution in [0.25, 0.3) is 0 Å². The average molecular weight is 223 g/mol. The summed E-state index contributed by atoms with van der Waals surface area (Å²) in [6.45, 7) is 1.89. The lowest BCUT2D eigenvalue weighted by Gasteiger charge is -2.18. The van der Waals surface area contributed by atoms with Crippen LogP contribution in [0.1, 0.15) is 24.4 Å². The van der Waals surface area contributed by atoms with Crippen molar-refractivity contribution < 1.29 is 9.84 Å². The van der Waals surface area contributed by atoms with Gasteiger partial charge in [-0.2, -0.15) is 0 Å². The summed E-state index contributed by atoms with van der Waals surface area (Å²) in [6, 6.07) is 10.5. The van der Waals surface area contributed by atoms with Gasteiger partial charge in [-0.1, -0.05) is 30.3 Å². The van der Waals surface area contributed by atoms with E-state index in [1.54, 1.807) is 7.11 Å². The number of rotatable bonds is 8. The number of hydrogen-bond acceptors (Lipinski definition) is 3. The van der Waals surface area contributed by atoms with E-state index >= 15 is 0 Å². The Bertz CT molecular complexity index is 264. The topological polar surface area (TPSA) is 41.5 Å². The van der Waals surface area contributed by atoms with Crippen LogP contribution in [-0.4, -0.2) is 32.0 Å². The number of ether oxygens (including phenoxy) is 1. The molecule has 2 N–H and O–H groups in total. The smallest absolute Gasteiger partial charge is 0.0474 e. The molecule has 0 aromatic heterocycles. The standard InChI is InChI=1S/C13H21NO2/c1-16-11-5-9-14-13(8-10-15)12-6-3-2-4-7-12/h2-4,6-7,13-15H,5,8-11H2,1H3. The fourth-order valence-electron chi connectivity index (χ4n) is 1.69. The van der Waals surface area contributed by atoms with E-state index in [1.165, 1.54) is 5.56 Å². The van der Waals surface area contributed by atoms with Gasteiger partial charge in [0.1, 0.15) is 0 Å². The minimum absolute atomic E-state index is 0.205. The number of aliphatic hydroxyl groups is 1. The van der Waals surface area contributed by atoms with Crippen LogP contribution in [0, 0.1) is 0 Å². The van der Waals surface area contributed by atoms with Crippen molar-refractivity contribution in [3.05, 3.63) is 35.9 Å². The van der Waals surface area contributed by atoms with Crippen molar-refractivity contribution in [1.82, 2.24) is 5.32 Å². The SMILES string of the molecule is COCCCNC(CCO)c1ccccc1. The van der Waals surface area contributed by atoms with E-state index in [1.807, 2.05) is 18.2 Å². The van der Waals surface area contributed by atoms with Gasteiger partial charge in [-0.3, -0.25) is 0 Å². The number of methoxy groups -OCH3 is 1. The van der Waals surface area contributed by atoms with Crippen molar-refractivity contribution in [3.63, 3.8) is 0 Å². The molecule has 1 aromatic carbocycles. The van der Waals surface area contributed by atoms with E-state index < -0.39 is 0 Å². The molecule has 16 heavy (non-hydrogen) atoms. The van der Waals surface area contributed by atoms with E-state index in [0.29, 0.717) is 0 Å². The molecule has 0 aliphatic rings. The van der Waals surface area contributed by atoms with Crippen molar-refractivity contribution in [3.8, 4) is 0 Å². The Balaban J connectivity index is 2.41. The minimum atomic E-state index is 0.205. The van der Waals surface area contributed by atoms with E-state index in [4.69, 9.17) is 9.84 Å². The summed E-state index contributed by atoms with van der Waals surface area (Å²) in [5.41, 5.74) is 1.23. The molecule has 0 bridgehead atoms. The third-order valence-electron chi connectivity index (χ3n) is 2.54. The van der Waals surface area contributed by atoms with Crippen molar-refractivity contribution in [2.75, 3.05) is 26.9 Å². The van der Waals surface area contributed by atoms with Gasteiger partial charge in [-0.05, 0) is 24.9 Å². The Kier molecular flexibility index (Phi) is 6.81. The molecule has 0 radical (unpaired) electrons. The highest BCUT2D eigenvalue weighted by atomic mass is 16.5. The largest absolute Gasteiger partial charge is 0.396 e. The third kappa shape index (κ3) is 4.75. The molecule has 1 aromatic rings. The predicted molar refractivity (Wildman–Crippen MR) is 65.4 cm³/mol. The zero-order valence-electron chi connectivity index (χ0n) is 9.86. The second-order valence-electron chi connectivity index (χ2n) is 3.78. The quantitative estimate of drug-likeness (QED) is 0.660. The molecule has 0 aliphatic heterocycles. The van der Waals surface area contributed by atoms with Crippen LogP contribution in [0.15, 0.2) is 30.3 Å². The van der Waals surface area contributed by atoms with Crippen LogP contribution in [-0.2, 0) is 4.74 Å². The maximum absolute atomic E-state index is 9.04. The molecule has 1 atom stereocenters. The van der Waals surface area contributed by atoms with Crippen LogP contribution in [0.3, 0.4) is 0 Å². The first-order valence-electron chi connectivity index (χ1n) is 5.76. The highest BCUT2D eigenvalue weighted by Gasteiger charge is 2.08. The molecule has 0 heterocycles. The van der Waals surface area contributed by atoms with Gasteiger partial charge in [-0.15, -0.1) is 0 Å². The summed E-state index contributed by atoms with van der Waals surface area (Å²) in [6.07, 6.45) is 1.74. The molecule has 0 saturated heterocycles. The number of aliphatic hydroxyl groups excluding tert-OH is 1. The Morgan fingerprint density at radius 3 is 2.69 bits per heavy atom. The maximum atomic E-state index is 9.04. The van der Waals surface area contributed by atoms with Crippen LogP contribution in [0.5, 0.6) is 0 Å². The first kappa shape index (κ1) is 13.2. The van der Waals surface area contributed by atoms with E-state index in [2.05, 4.69) is 17.4 Å². The fraction of sp³-hybridized carbons (Fsp3) is 0.538. The summed E-state index contributed by atoms with van der Waals surface area (Å²) in [5.74, 6) is 0. The molecule has 1 rings (SSSR count). The summed E-state index contributed by atoms with van der Waals surface area (Å²) < 4.78 is 5.00. The van der Waals surface area contributed by atoms with Crippen LogP contribution < -0.4 is 5.32 Å². The van der Waals surface area contributed by atoms with Gasteiger partial charge in [0.15, 0.2) is 0 Å². The summed E-state index contributed by atoms with van der Waals surface area (Å²) in [4.78, 5) is 0. The second kappa shape index (κ2) is 8.28. The fourth-order valence-corrected chi connectivity index (χ4v) is 1.69. The van der Waals surface area contributed by atoms with Gasteiger partial charge in [0.2, 0.25) is 0 Å². The molecule has 90 valence electrons. The Hall–Kier alpha value is -0.900. The van der Waals surface area contributed by atoms with Crippen LogP contribution in [0.4, 0.5) is 0 Å². The number of nitrogens with one attached hydrogen (secondary N) is 1. The van der Waals surface area contributed by atoms with Crippen LogP contribution >= 0.6 is 0 Å². The maximum Gasteiger partial charge on any atom is 0.0474 e. The first-order chi connectivity index (χ1) is 7.88. The molecule has 0 spiro atoms. The Labute approximate surface area is 97.4 Å². The van der Waals surface area contributed by atoms with Crippen molar-refractivity contribution in [1.29, 1.82) is 0 Å². The monoisotopic (exact) mass is 223 g/mol. The van der Waals surface area contributed by atoms with Gasteiger partial charge < -0.3 is 15.2 Å². The minimum Gasteiger partial charge on any atom is -0.396 e. The third-order valence-corrected chi connectivity index (χ3v) is 2.54. The Morgan fingerprint density at radius 1 is 1.31 bits per heavy atom. The summed E-state index contributed by atoms with van der Waals surface area (Å²) in [7, 11) is 1.71. The van der Waals surface area contributed by atoms with Crippen LogP contribution in [0.2, 0.25) is 0 Å². The molecule has 3 heteroatoms. The summed E-state index contributed by atoms with van der Waals surface area (Å²) in [5, 5.41) is 12.5. The lowest BCUT2D eigenvalue weighted by atomic mass is 10.0. The van der Waals surface area contributed by atoms with Gasteiger partial charge in [-0.25, -0.2) is 0 Å². The molecule has 0 amide bonds. The summed E-state index contributed by atoms with van der Waals surface area (Å²) >= 11 is 0. The molecule has 1 unspecified atom stereocenters. The molecule has 0 fully saturated rings. The van der Waals surface area contributed by atoms with Crippen molar-refractivity contribution >= 4 is 0 Å². The van der Waals surface area contributed by atoms with Crippen molar-refractivity contribution in [2.24, 2.45) is 0 Å². The normalized spacial score (nSPS) is 12.6. The Morgan fingerprint density at radius 2 is 2.06 bits per heavy atom. The van der Waals surface area contributed by atoms with Gasteiger partial charge in [0, 0.05) is 26.4 Å². The van der Waals surface area contributed by atoms with Gasteiger partial charge in [0.05, 0.1) is 0 Å². The lowest BCUT2D eigenvalue weighted by Crippen LogP contribution is -2.24. The molecular weight excluding hydrogens is 202 g/mol. The molecule has 0 aliphatic carbocycles. The molecule has 3 nitrogen and oxygen atoms in total. The number of benzene rings is 1. The first-order valence-corrected chi connectivity index (χ1v) is 5.76. The zero-order valence-corrected chi connectivity index (χ0v) is 9.86. The second-order valence-corrected chi connectivity index (χ2v) is 3.78. The highest BCUT2D eigenvalue weighted by Crippen LogP contribution is 2.15. The highest BCUT2D eigenvalue weighted by molar-refractivity contribution is 5.18. The van der Waals surface area contributed by atoms with E-state index in [9.17, 15) is 0 Å². The van der Waals surface area contributed by atoms with E-state index in [-0.39, 0.29) is 12.6 Å². The predicted octanol–water partition coefficient (Wildman–Crippen LogP) is 1.74. The number of hydrogen-bond donors (Lipinski definition) is 2. The zero-order chi connectivity index (χ0) is 11.6. The van der Waals surface area contributed by atoms with Gasteiger partial charge >= 0.3 is 0 Å². The molecular formula is C13H21NO2. The van der Waals surface area contributed by atoms with E-state index in [0.717, 1.165) is 26.0 Å². The lowest BCUT2D eigenvalue weighted by molar-refractivity contribution is 0.191. The van der Waals surface area contributed by atoms with Crippen molar-refractivity contribution in [2.45, 2.75) is 18.9 Å². The van der Waals surface area contributed by atoms with Gasteiger partial charge in [0.25, 0.3) is 0 Å².